The van der Waals surface area contributed by atoms with E-state index in [2.05, 4.69) is 25.4 Å². The highest BCUT2D eigenvalue weighted by molar-refractivity contribution is 6.02. The Morgan fingerprint density at radius 1 is 1.31 bits per heavy atom. The third-order valence-corrected chi connectivity index (χ3v) is 3.85. The maximum atomic E-state index is 13.7. The van der Waals surface area contributed by atoms with E-state index in [1.54, 1.807) is 0 Å². The molecule has 4 heterocycles. The average Bonchev–Trinajstić information content (AvgIpc) is 3.27. The first-order valence-electron chi connectivity index (χ1n) is 7.29. The Balaban J connectivity index is 1.87. The van der Waals surface area contributed by atoms with Gasteiger partial charge in [0.1, 0.15) is 29.5 Å². The van der Waals surface area contributed by atoms with E-state index in [0.717, 1.165) is 11.0 Å². The van der Waals surface area contributed by atoms with Crippen molar-refractivity contribution in [3.63, 3.8) is 0 Å². The Morgan fingerprint density at radius 3 is 2.81 bits per heavy atom. The van der Waals surface area contributed by atoms with Crippen LogP contribution < -0.4 is 5.73 Å². The second-order valence-corrected chi connectivity index (χ2v) is 5.58. The van der Waals surface area contributed by atoms with Crippen LogP contribution in [0.2, 0.25) is 0 Å². The van der Waals surface area contributed by atoms with Gasteiger partial charge in [-0.2, -0.15) is 33.1 Å². The lowest BCUT2D eigenvalue weighted by atomic mass is 10.1. The van der Waals surface area contributed by atoms with Gasteiger partial charge >= 0.3 is 6.18 Å². The van der Waals surface area contributed by atoms with Crippen molar-refractivity contribution in [1.82, 2.24) is 19.8 Å². The summed E-state index contributed by atoms with van der Waals surface area (Å²) >= 11 is 0. The number of rotatable bonds is 1. The number of furan rings is 1. The van der Waals surface area contributed by atoms with Crippen molar-refractivity contribution in [2.45, 2.75) is 24.7 Å². The molecule has 2 aromatic heterocycles. The lowest BCUT2D eigenvalue weighted by molar-refractivity contribution is -0.295. The van der Waals surface area contributed by atoms with Gasteiger partial charge in [0, 0.05) is 0 Å². The maximum Gasteiger partial charge on any atom is 0.438 e. The highest BCUT2D eigenvalue weighted by Gasteiger charge is 2.63. The number of fused-ring (bicyclic) bond motifs is 1. The van der Waals surface area contributed by atoms with Crippen LogP contribution in [0.15, 0.2) is 44.4 Å². The Morgan fingerprint density at radius 2 is 2.12 bits per heavy atom. The molecule has 4 rings (SSSR count). The molecule has 1 atom stereocenters. The van der Waals surface area contributed by atoms with Gasteiger partial charge in [-0.15, -0.1) is 10.2 Å². The van der Waals surface area contributed by atoms with E-state index in [9.17, 15) is 18.3 Å². The second-order valence-electron chi connectivity index (χ2n) is 5.58. The van der Waals surface area contributed by atoms with Gasteiger partial charge in [-0.3, -0.25) is 0 Å². The zero-order valence-corrected chi connectivity index (χ0v) is 12.9. The summed E-state index contributed by atoms with van der Waals surface area (Å²) in [5.74, 6) is -0.168. The number of hydrogen-bond acceptors (Lipinski definition) is 9. The lowest BCUT2D eigenvalue weighted by Crippen LogP contribution is -2.58. The number of nitrogens with two attached hydrogens (primary N) is 1. The van der Waals surface area contributed by atoms with E-state index >= 15 is 0 Å². The molecule has 2 aromatic rings. The molecule has 0 spiro atoms. The molecule has 0 fully saturated rings. The minimum Gasteiger partial charge on any atom is -0.463 e. The fourth-order valence-corrected chi connectivity index (χ4v) is 2.59. The Labute approximate surface area is 143 Å². The summed E-state index contributed by atoms with van der Waals surface area (Å²) in [6.45, 7) is 0. The smallest absolute Gasteiger partial charge is 0.438 e. The first-order chi connectivity index (χ1) is 12.3. The Kier molecular flexibility index (Phi) is 3.37. The summed E-state index contributed by atoms with van der Waals surface area (Å²) in [5, 5.41) is 25.8. The van der Waals surface area contributed by atoms with Gasteiger partial charge in [0.05, 0.1) is 19.1 Å². The molecule has 3 N–H and O–H groups in total. The predicted molar refractivity (Wildman–Crippen MR) is 80.9 cm³/mol. The topological polar surface area (TPSA) is 130 Å². The molecule has 0 radical (unpaired) electrons. The van der Waals surface area contributed by atoms with Crippen molar-refractivity contribution >= 4 is 17.5 Å². The molecule has 13 heteroatoms. The number of nitrogens with zero attached hydrogens (tertiary/aromatic N) is 7. The van der Waals surface area contributed by atoms with Gasteiger partial charge in [-0.1, -0.05) is 0 Å². The van der Waals surface area contributed by atoms with Crippen molar-refractivity contribution in [2.75, 3.05) is 0 Å². The first kappa shape index (κ1) is 16.3. The van der Waals surface area contributed by atoms with Crippen LogP contribution in [0.1, 0.15) is 18.0 Å². The molecule has 2 aliphatic rings. The summed E-state index contributed by atoms with van der Waals surface area (Å²) in [4.78, 5) is 3.92. The number of hydrogen-bond donors (Lipinski definition) is 2. The zero-order valence-electron chi connectivity index (χ0n) is 12.9. The van der Waals surface area contributed by atoms with E-state index in [1.165, 1.54) is 18.4 Å². The molecule has 0 aromatic carbocycles. The minimum atomic E-state index is -5.06. The number of alkyl halides is 3. The van der Waals surface area contributed by atoms with Gasteiger partial charge < -0.3 is 15.3 Å². The number of halogens is 3. The van der Waals surface area contributed by atoms with E-state index in [4.69, 9.17) is 10.2 Å². The fraction of sp³-hybridized carbons (Fsp3) is 0.308. The molecule has 0 saturated carbocycles. The van der Waals surface area contributed by atoms with Crippen LogP contribution in [0.4, 0.5) is 13.2 Å². The van der Waals surface area contributed by atoms with Gasteiger partial charge in [0.2, 0.25) is 0 Å². The highest BCUT2D eigenvalue weighted by Crippen LogP contribution is 2.41. The van der Waals surface area contributed by atoms with E-state index in [1.807, 2.05) is 0 Å². The van der Waals surface area contributed by atoms with E-state index in [0.29, 0.717) is 5.01 Å². The van der Waals surface area contributed by atoms with Crippen LogP contribution in [0.5, 0.6) is 0 Å². The quantitative estimate of drug-likeness (QED) is 0.743. The van der Waals surface area contributed by atoms with E-state index < -0.39 is 24.3 Å². The standard InChI is InChI=1S/C13H11F3N8O2/c14-13(15,16)12(25)5-7(8-2-1-3-26-8)22-24(12)11-21-20-9(17)4-10-18-6-19-23(10)11/h1-3,6,25H,4-5H2,(H2,17,20)/t12-/m0/s1. The van der Waals surface area contributed by atoms with Gasteiger partial charge in [0.15, 0.2) is 0 Å². The van der Waals surface area contributed by atoms with Gasteiger partial charge in [-0.25, -0.2) is 4.98 Å². The summed E-state index contributed by atoms with van der Waals surface area (Å²) < 4.78 is 47.2. The average molecular weight is 368 g/mol. The van der Waals surface area contributed by atoms with E-state index in [-0.39, 0.29) is 29.6 Å². The maximum absolute atomic E-state index is 13.7. The molecule has 0 bridgehead atoms. The van der Waals surface area contributed by atoms with Crippen molar-refractivity contribution < 1.29 is 22.7 Å². The molecule has 2 aliphatic heterocycles. The van der Waals surface area contributed by atoms with Gasteiger partial charge in [0.25, 0.3) is 11.7 Å². The predicted octanol–water partition coefficient (Wildman–Crippen LogP) is 0.264. The second kappa shape index (κ2) is 5.39. The normalized spacial score (nSPS) is 23.2. The van der Waals surface area contributed by atoms with Crippen LogP contribution in [0.25, 0.3) is 0 Å². The number of aromatic nitrogens is 3. The monoisotopic (exact) mass is 368 g/mol. The van der Waals surface area contributed by atoms with Crippen molar-refractivity contribution in [3.05, 3.63) is 36.3 Å². The third-order valence-electron chi connectivity index (χ3n) is 3.85. The molecule has 10 nitrogen and oxygen atoms in total. The minimum absolute atomic E-state index is 0.0271. The molecule has 0 aliphatic carbocycles. The Bertz CT molecular complexity index is 930. The van der Waals surface area contributed by atoms with Crippen LogP contribution in [0, 0.1) is 0 Å². The van der Waals surface area contributed by atoms with Crippen LogP contribution in [-0.2, 0) is 6.42 Å². The molecular weight excluding hydrogens is 357 g/mol. The third kappa shape index (κ3) is 2.35. The number of amidine groups is 1. The fourth-order valence-electron chi connectivity index (χ4n) is 2.59. The van der Waals surface area contributed by atoms with Gasteiger partial charge in [-0.05, 0) is 12.1 Å². The number of aliphatic hydroxyl groups is 1. The van der Waals surface area contributed by atoms with Crippen molar-refractivity contribution in [2.24, 2.45) is 21.0 Å². The number of hydrazone groups is 1. The summed E-state index contributed by atoms with van der Waals surface area (Å²) in [6.07, 6.45) is -3.48. The SMILES string of the molecule is NC1=NN=C(N2N=C(c3ccco3)C[C@]2(O)C(F)(F)F)n2ncnc2C1. The largest absolute Gasteiger partial charge is 0.463 e. The van der Waals surface area contributed by atoms with Crippen molar-refractivity contribution in [3.8, 4) is 0 Å². The summed E-state index contributed by atoms with van der Waals surface area (Å²) in [7, 11) is 0. The lowest BCUT2D eigenvalue weighted by Gasteiger charge is -2.33. The first-order valence-corrected chi connectivity index (χ1v) is 7.29. The zero-order chi connectivity index (χ0) is 18.5. The Hall–Kier alpha value is -3.22. The molecule has 0 unspecified atom stereocenters. The molecule has 0 saturated heterocycles. The van der Waals surface area contributed by atoms with Crippen molar-refractivity contribution in [1.29, 1.82) is 0 Å². The molecule has 0 amide bonds. The summed E-state index contributed by atoms with van der Waals surface area (Å²) in [5.41, 5.74) is 2.16. The highest BCUT2D eigenvalue weighted by atomic mass is 19.4. The van der Waals surface area contributed by atoms with Crippen LogP contribution in [-0.4, -0.2) is 54.3 Å². The molecular formula is C13H11F3N8O2. The summed E-state index contributed by atoms with van der Waals surface area (Å²) in [6, 6.07) is 2.93. The molecule has 136 valence electrons. The van der Waals surface area contributed by atoms with Crippen LogP contribution in [0.3, 0.4) is 0 Å². The van der Waals surface area contributed by atoms with Crippen LogP contribution >= 0.6 is 0 Å². The molecule has 26 heavy (non-hydrogen) atoms.